The molecule has 0 bridgehead atoms. The third-order valence-corrected chi connectivity index (χ3v) is 4.27. The molecule has 0 atom stereocenters. The van der Waals surface area contributed by atoms with E-state index < -0.39 is 40.4 Å². The molecule has 0 saturated heterocycles. The van der Waals surface area contributed by atoms with Crippen molar-refractivity contribution >= 4 is 11.8 Å². The van der Waals surface area contributed by atoms with E-state index in [2.05, 4.69) is 10.2 Å². The molecule has 3 aromatic rings. The number of halogens is 5. The van der Waals surface area contributed by atoms with Crippen molar-refractivity contribution in [3.63, 3.8) is 0 Å². The van der Waals surface area contributed by atoms with E-state index in [1.807, 2.05) is 0 Å². The molecule has 126 valence electrons. The van der Waals surface area contributed by atoms with Crippen molar-refractivity contribution in [3.05, 3.63) is 53.0 Å². The molecule has 10 heteroatoms. The maximum Gasteiger partial charge on any atom is 0.200 e. The molecule has 0 amide bonds. The van der Waals surface area contributed by atoms with E-state index in [4.69, 9.17) is 4.42 Å². The zero-order chi connectivity index (χ0) is 17.4. The van der Waals surface area contributed by atoms with Crippen LogP contribution in [-0.4, -0.2) is 14.8 Å². The Hall–Kier alpha value is -2.36. The topological polar surface area (TPSA) is 43.9 Å². The summed E-state index contributed by atoms with van der Waals surface area (Å²) in [5.41, 5.74) is -0.918. The van der Waals surface area contributed by atoms with Gasteiger partial charge in [0, 0.05) is 18.4 Å². The van der Waals surface area contributed by atoms with E-state index in [9.17, 15) is 22.0 Å². The molecule has 0 spiro atoms. The smallest absolute Gasteiger partial charge is 0.200 e. The summed E-state index contributed by atoms with van der Waals surface area (Å²) in [6.07, 6.45) is 1.44. The van der Waals surface area contributed by atoms with E-state index in [1.54, 1.807) is 19.2 Å². The Kier molecular flexibility index (Phi) is 4.31. The number of thioether (sulfide) groups is 1. The monoisotopic (exact) mass is 361 g/mol. The van der Waals surface area contributed by atoms with Crippen LogP contribution in [0.1, 0.15) is 5.56 Å². The van der Waals surface area contributed by atoms with Gasteiger partial charge in [0.2, 0.25) is 5.82 Å². The van der Waals surface area contributed by atoms with Crippen molar-refractivity contribution in [2.45, 2.75) is 10.9 Å². The first-order valence-electron chi connectivity index (χ1n) is 6.48. The summed E-state index contributed by atoms with van der Waals surface area (Å²) in [6.45, 7) is 0. The molecule has 0 saturated carbocycles. The molecule has 0 aliphatic carbocycles. The highest BCUT2D eigenvalue weighted by atomic mass is 32.2. The summed E-state index contributed by atoms with van der Waals surface area (Å²) < 4.78 is 73.3. The van der Waals surface area contributed by atoms with Crippen LogP contribution in [0, 0.1) is 29.1 Å². The Bertz CT molecular complexity index is 865. The zero-order valence-corrected chi connectivity index (χ0v) is 12.8. The summed E-state index contributed by atoms with van der Waals surface area (Å²) in [5, 5.41) is 7.91. The molecule has 0 radical (unpaired) electrons. The van der Waals surface area contributed by atoms with Crippen LogP contribution < -0.4 is 0 Å². The second-order valence-corrected chi connectivity index (χ2v) is 5.62. The standard InChI is InChI=1S/C14H8F5N3OS/c1-22-13(7-3-2-4-23-7)20-21-14(22)24-5-6-8(15)10(17)12(19)11(18)9(6)16/h2-4H,5H2,1H3. The fraction of sp³-hybridized carbons (Fsp3) is 0.143. The molecule has 0 fully saturated rings. The van der Waals surface area contributed by atoms with Crippen molar-refractivity contribution in [2.24, 2.45) is 7.05 Å². The predicted octanol–water partition coefficient (Wildman–Crippen LogP) is 4.06. The number of hydrogen-bond acceptors (Lipinski definition) is 4. The van der Waals surface area contributed by atoms with Gasteiger partial charge >= 0.3 is 0 Å². The first kappa shape index (κ1) is 16.5. The van der Waals surface area contributed by atoms with E-state index in [-0.39, 0.29) is 5.16 Å². The van der Waals surface area contributed by atoms with Crippen molar-refractivity contribution in [1.82, 2.24) is 14.8 Å². The number of furan rings is 1. The highest BCUT2D eigenvalue weighted by Crippen LogP contribution is 2.30. The van der Waals surface area contributed by atoms with Gasteiger partial charge < -0.3 is 8.98 Å². The normalized spacial score (nSPS) is 11.2. The highest BCUT2D eigenvalue weighted by Gasteiger charge is 2.26. The van der Waals surface area contributed by atoms with Gasteiger partial charge in [-0.3, -0.25) is 0 Å². The lowest BCUT2D eigenvalue weighted by Gasteiger charge is -2.07. The Morgan fingerprint density at radius 1 is 1.00 bits per heavy atom. The lowest BCUT2D eigenvalue weighted by atomic mass is 10.2. The fourth-order valence-electron chi connectivity index (χ4n) is 1.97. The van der Waals surface area contributed by atoms with Gasteiger partial charge in [-0.1, -0.05) is 11.8 Å². The van der Waals surface area contributed by atoms with Gasteiger partial charge in [0.25, 0.3) is 0 Å². The molecule has 0 aliphatic rings. The molecule has 0 aliphatic heterocycles. The average Bonchev–Trinajstić information content (AvgIpc) is 3.21. The highest BCUT2D eigenvalue weighted by molar-refractivity contribution is 7.98. The van der Waals surface area contributed by atoms with Crippen LogP contribution in [-0.2, 0) is 12.8 Å². The van der Waals surface area contributed by atoms with Gasteiger partial charge in [-0.2, -0.15) is 0 Å². The number of nitrogens with zero attached hydrogens (tertiary/aromatic N) is 3. The van der Waals surface area contributed by atoms with Crippen LogP contribution in [0.3, 0.4) is 0 Å². The minimum absolute atomic E-state index is 0.227. The molecular weight excluding hydrogens is 353 g/mol. The van der Waals surface area contributed by atoms with Gasteiger partial charge in [0.05, 0.1) is 6.26 Å². The first-order valence-corrected chi connectivity index (χ1v) is 7.46. The zero-order valence-electron chi connectivity index (χ0n) is 12.0. The molecular formula is C14H8F5N3OS. The molecule has 2 aromatic heterocycles. The van der Waals surface area contributed by atoms with E-state index in [0.29, 0.717) is 11.6 Å². The van der Waals surface area contributed by atoms with Crippen LogP contribution >= 0.6 is 11.8 Å². The number of benzene rings is 1. The van der Waals surface area contributed by atoms with E-state index in [0.717, 1.165) is 11.8 Å². The number of rotatable bonds is 4. The van der Waals surface area contributed by atoms with Crippen molar-refractivity contribution < 1.29 is 26.4 Å². The Balaban J connectivity index is 1.88. The Morgan fingerprint density at radius 2 is 1.62 bits per heavy atom. The minimum Gasteiger partial charge on any atom is -0.461 e. The van der Waals surface area contributed by atoms with Gasteiger partial charge in [-0.05, 0) is 12.1 Å². The lowest BCUT2D eigenvalue weighted by molar-refractivity contribution is 0.372. The van der Waals surface area contributed by atoms with E-state index in [1.165, 1.54) is 10.8 Å². The largest absolute Gasteiger partial charge is 0.461 e. The van der Waals surface area contributed by atoms with Crippen molar-refractivity contribution in [1.29, 1.82) is 0 Å². The molecule has 0 unspecified atom stereocenters. The van der Waals surface area contributed by atoms with Gasteiger partial charge in [-0.25, -0.2) is 22.0 Å². The van der Waals surface area contributed by atoms with Crippen molar-refractivity contribution in [3.8, 4) is 11.6 Å². The molecule has 24 heavy (non-hydrogen) atoms. The van der Waals surface area contributed by atoms with Crippen LogP contribution in [0.15, 0.2) is 28.0 Å². The second-order valence-electron chi connectivity index (χ2n) is 4.68. The lowest BCUT2D eigenvalue weighted by Crippen LogP contribution is -2.06. The molecule has 3 rings (SSSR count). The van der Waals surface area contributed by atoms with Gasteiger partial charge in [0.15, 0.2) is 40.0 Å². The van der Waals surface area contributed by atoms with Crippen molar-refractivity contribution in [2.75, 3.05) is 0 Å². The third-order valence-electron chi connectivity index (χ3n) is 3.22. The van der Waals surface area contributed by atoms with Crippen LogP contribution in [0.5, 0.6) is 0 Å². The van der Waals surface area contributed by atoms with Crippen LogP contribution in [0.4, 0.5) is 22.0 Å². The summed E-state index contributed by atoms with van der Waals surface area (Å²) in [5.74, 6) is -9.56. The third kappa shape index (κ3) is 2.66. The molecule has 2 heterocycles. The molecule has 1 aromatic carbocycles. The predicted molar refractivity (Wildman–Crippen MR) is 74.5 cm³/mol. The average molecular weight is 361 g/mol. The maximum atomic E-state index is 13.6. The first-order chi connectivity index (χ1) is 11.4. The van der Waals surface area contributed by atoms with Crippen LogP contribution in [0.25, 0.3) is 11.6 Å². The summed E-state index contributed by atoms with van der Waals surface area (Å²) >= 11 is 0.782. The van der Waals surface area contributed by atoms with Gasteiger partial charge in [0.1, 0.15) is 0 Å². The quantitative estimate of drug-likeness (QED) is 0.304. The minimum atomic E-state index is -2.18. The fourth-order valence-corrected chi connectivity index (χ4v) is 2.88. The Morgan fingerprint density at radius 3 is 2.21 bits per heavy atom. The molecule has 4 nitrogen and oxygen atoms in total. The maximum absolute atomic E-state index is 13.6. The summed E-state index contributed by atoms with van der Waals surface area (Å²) in [7, 11) is 1.58. The summed E-state index contributed by atoms with van der Waals surface area (Å²) in [4.78, 5) is 0. The van der Waals surface area contributed by atoms with E-state index >= 15 is 0 Å². The SMILES string of the molecule is Cn1c(SCc2c(F)c(F)c(F)c(F)c2F)nnc1-c1ccco1. The molecule has 0 N–H and O–H groups in total. The number of hydrogen-bond donors (Lipinski definition) is 0. The van der Waals surface area contributed by atoms with Crippen LogP contribution in [0.2, 0.25) is 0 Å². The Labute approximate surface area is 136 Å². The second kappa shape index (κ2) is 6.27. The van der Waals surface area contributed by atoms with Gasteiger partial charge in [-0.15, -0.1) is 10.2 Å². The summed E-state index contributed by atoms with van der Waals surface area (Å²) in [6, 6.07) is 3.29. The number of aromatic nitrogens is 3.